The molecule has 4 N–H and O–H groups in total. The van der Waals surface area contributed by atoms with Gasteiger partial charge in [-0.1, -0.05) is 24.0 Å². The Morgan fingerprint density at radius 1 is 1.47 bits per heavy atom. The van der Waals surface area contributed by atoms with Gasteiger partial charge in [0.15, 0.2) is 6.61 Å². The Morgan fingerprint density at radius 2 is 2.24 bits per heavy atom. The van der Waals surface area contributed by atoms with Gasteiger partial charge in [0.1, 0.15) is 5.75 Å². The van der Waals surface area contributed by atoms with Gasteiger partial charge in [0.25, 0.3) is 5.91 Å². The van der Waals surface area contributed by atoms with Crippen molar-refractivity contribution in [2.75, 3.05) is 20.2 Å². The summed E-state index contributed by atoms with van der Waals surface area (Å²) in [5.41, 5.74) is 2.74. The lowest BCUT2D eigenvalue weighted by molar-refractivity contribution is -0.123. The third-order valence-electron chi connectivity index (χ3n) is 1.90. The van der Waals surface area contributed by atoms with Crippen LogP contribution < -0.4 is 21.3 Å². The summed E-state index contributed by atoms with van der Waals surface area (Å²) < 4.78 is 5.31. The topological polar surface area (TPSA) is 76.4 Å². The number of hydrogen-bond donors (Lipinski definition) is 3. The third-order valence-corrected chi connectivity index (χ3v) is 1.90. The van der Waals surface area contributed by atoms with Gasteiger partial charge in [0.2, 0.25) is 0 Å². The zero-order chi connectivity index (χ0) is 12.5. The fourth-order valence-corrected chi connectivity index (χ4v) is 1.11. The maximum Gasteiger partial charge on any atom is 0.271 e. The Morgan fingerprint density at radius 3 is 2.94 bits per heavy atom. The SMILES string of the molecule is CNCC#Cc1ccccc1OCC(=O)NN. The van der Waals surface area contributed by atoms with E-state index in [4.69, 9.17) is 10.6 Å². The quantitative estimate of drug-likeness (QED) is 0.287. The first-order chi connectivity index (χ1) is 8.27. The van der Waals surface area contributed by atoms with Crippen molar-refractivity contribution in [2.24, 2.45) is 5.84 Å². The molecule has 0 saturated heterocycles. The number of ether oxygens (including phenoxy) is 1. The standard InChI is InChI=1S/C12H15N3O2/c1-14-8-4-6-10-5-2-3-7-11(10)17-9-12(16)15-13/h2-3,5,7,14H,8-9,13H2,1H3,(H,15,16). The highest BCUT2D eigenvalue weighted by Crippen LogP contribution is 2.16. The second-order valence-corrected chi connectivity index (χ2v) is 3.18. The Kier molecular flexibility index (Phi) is 5.58. The van der Waals surface area contributed by atoms with Crippen LogP contribution >= 0.6 is 0 Å². The molecule has 1 amide bonds. The number of amides is 1. The van der Waals surface area contributed by atoms with Crippen molar-refractivity contribution in [2.45, 2.75) is 0 Å². The van der Waals surface area contributed by atoms with Crippen molar-refractivity contribution >= 4 is 5.91 Å². The average molecular weight is 233 g/mol. The maximum absolute atomic E-state index is 10.9. The molecule has 0 aliphatic rings. The highest BCUT2D eigenvalue weighted by Gasteiger charge is 2.03. The van der Waals surface area contributed by atoms with Crippen molar-refractivity contribution in [1.82, 2.24) is 10.7 Å². The number of benzene rings is 1. The predicted molar refractivity (Wildman–Crippen MR) is 65.1 cm³/mol. The molecule has 0 unspecified atom stereocenters. The number of rotatable bonds is 4. The third kappa shape index (κ3) is 4.55. The number of carbonyl (C=O) groups is 1. The van der Waals surface area contributed by atoms with Crippen molar-refractivity contribution in [3.63, 3.8) is 0 Å². The van der Waals surface area contributed by atoms with Crippen LogP contribution in [-0.4, -0.2) is 26.1 Å². The first-order valence-electron chi connectivity index (χ1n) is 5.12. The van der Waals surface area contributed by atoms with Gasteiger partial charge < -0.3 is 10.1 Å². The number of nitrogens with one attached hydrogen (secondary N) is 2. The van der Waals surface area contributed by atoms with Crippen molar-refractivity contribution in [3.05, 3.63) is 29.8 Å². The number of hydrogen-bond acceptors (Lipinski definition) is 4. The van der Waals surface area contributed by atoms with Crippen molar-refractivity contribution in [1.29, 1.82) is 0 Å². The van der Waals surface area contributed by atoms with Gasteiger partial charge in [-0.15, -0.1) is 0 Å². The van der Waals surface area contributed by atoms with Gasteiger partial charge in [-0.3, -0.25) is 10.2 Å². The van der Waals surface area contributed by atoms with E-state index < -0.39 is 0 Å². The molecule has 0 aliphatic carbocycles. The lowest BCUT2D eigenvalue weighted by atomic mass is 10.2. The molecule has 0 saturated carbocycles. The molecule has 1 aromatic rings. The van der Waals surface area contributed by atoms with E-state index in [9.17, 15) is 4.79 Å². The maximum atomic E-state index is 10.9. The zero-order valence-corrected chi connectivity index (χ0v) is 9.62. The molecule has 5 nitrogen and oxygen atoms in total. The fourth-order valence-electron chi connectivity index (χ4n) is 1.11. The molecule has 0 aromatic heterocycles. The number of nitrogens with two attached hydrogens (primary N) is 1. The van der Waals surface area contributed by atoms with E-state index in [-0.39, 0.29) is 12.5 Å². The summed E-state index contributed by atoms with van der Waals surface area (Å²) in [6.45, 7) is 0.471. The van der Waals surface area contributed by atoms with Gasteiger partial charge in [0, 0.05) is 0 Å². The van der Waals surface area contributed by atoms with E-state index in [0.717, 1.165) is 5.56 Å². The number of hydrazine groups is 1. The highest BCUT2D eigenvalue weighted by molar-refractivity contribution is 5.76. The van der Waals surface area contributed by atoms with E-state index in [1.54, 1.807) is 6.07 Å². The Labute approximate surface area is 100 Å². The van der Waals surface area contributed by atoms with Crippen LogP contribution in [0.15, 0.2) is 24.3 Å². The Hall–Kier alpha value is -2.03. The van der Waals surface area contributed by atoms with E-state index in [1.807, 2.05) is 30.7 Å². The van der Waals surface area contributed by atoms with Crippen LogP contribution in [0.3, 0.4) is 0 Å². The molecule has 1 aromatic carbocycles. The molecule has 1 rings (SSSR count). The van der Waals surface area contributed by atoms with E-state index in [1.165, 1.54) is 0 Å². The molecule has 0 atom stereocenters. The molecule has 0 bridgehead atoms. The Bertz CT molecular complexity index is 435. The number of para-hydroxylation sites is 1. The van der Waals surface area contributed by atoms with Gasteiger partial charge in [-0.2, -0.15) is 0 Å². The van der Waals surface area contributed by atoms with Crippen LogP contribution in [0.4, 0.5) is 0 Å². The molecule has 5 heteroatoms. The normalized spacial score (nSPS) is 9.06. The summed E-state index contributed by atoms with van der Waals surface area (Å²) in [6, 6.07) is 7.27. The first kappa shape index (κ1) is 13.0. The summed E-state index contributed by atoms with van der Waals surface area (Å²) in [5.74, 6) is 11.0. The minimum Gasteiger partial charge on any atom is -0.482 e. The summed E-state index contributed by atoms with van der Waals surface area (Å²) in [6.07, 6.45) is 0. The van der Waals surface area contributed by atoms with Crippen LogP contribution in [0.5, 0.6) is 5.75 Å². The minimum atomic E-state index is -0.386. The largest absolute Gasteiger partial charge is 0.482 e. The smallest absolute Gasteiger partial charge is 0.271 e. The zero-order valence-electron chi connectivity index (χ0n) is 9.62. The van der Waals surface area contributed by atoms with Gasteiger partial charge in [-0.25, -0.2) is 5.84 Å². The van der Waals surface area contributed by atoms with E-state index in [0.29, 0.717) is 12.3 Å². The molecule has 90 valence electrons. The van der Waals surface area contributed by atoms with Gasteiger partial charge in [0.05, 0.1) is 12.1 Å². The molecular formula is C12H15N3O2. The molecule has 0 heterocycles. The van der Waals surface area contributed by atoms with Crippen LogP contribution in [0.2, 0.25) is 0 Å². The van der Waals surface area contributed by atoms with Crippen LogP contribution in [0.25, 0.3) is 0 Å². The van der Waals surface area contributed by atoms with Crippen LogP contribution in [0, 0.1) is 11.8 Å². The van der Waals surface area contributed by atoms with E-state index >= 15 is 0 Å². The Balaban J connectivity index is 2.71. The average Bonchev–Trinajstić information content (AvgIpc) is 2.37. The summed E-state index contributed by atoms with van der Waals surface area (Å²) in [5, 5.41) is 2.92. The van der Waals surface area contributed by atoms with Crippen molar-refractivity contribution in [3.8, 4) is 17.6 Å². The minimum absolute atomic E-state index is 0.124. The van der Waals surface area contributed by atoms with Crippen LogP contribution in [-0.2, 0) is 4.79 Å². The molecule has 0 spiro atoms. The van der Waals surface area contributed by atoms with E-state index in [2.05, 4.69) is 17.2 Å². The lowest BCUT2D eigenvalue weighted by Gasteiger charge is -2.06. The van der Waals surface area contributed by atoms with Crippen molar-refractivity contribution < 1.29 is 9.53 Å². The molecule has 0 aliphatic heterocycles. The lowest BCUT2D eigenvalue weighted by Crippen LogP contribution is -2.34. The second-order valence-electron chi connectivity index (χ2n) is 3.18. The summed E-state index contributed by atoms with van der Waals surface area (Å²) in [7, 11) is 1.82. The summed E-state index contributed by atoms with van der Waals surface area (Å²) >= 11 is 0. The molecule has 17 heavy (non-hydrogen) atoms. The van der Waals surface area contributed by atoms with Gasteiger partial charge in [-0.05, 0) is 19.2 Å². The van der Waals surface area contributed by atoms with Gasteiger partial charge >= 0.3 is 0 Å². The monoisotopic (exact) mass is 233 g/mol. The molecule has 0 fully saturated rings. The molecule has 0 radical (unpaired) electrons. The second kappa shape index (κ2) is 7.28. The summed E-state index contributed by atoms with van der Waals surface area (Å²) in [4.78, 5) is 10.9. The highest BCUT2D eigenvalue weighted by atomic mass is 16.5. The predicted octanol–water partition coefficient (Wildman–Crippen LogP) is -0.374. The first-order valence-corrected chi connectivity index (χ1v) is 5.12. The number of carbonyl (C=O) groups excluding carboxylic acids is 1. The van der Waals surface area contributed by atoms with Crippen LogP contribution in [0.1, 0.15) is 5.56 Å². The fraction of sp³-hybridized carbons (Fsp3) is 0.250. The molecular weight excluding hydrogens is 218 g/mol.